The van der Waals surface area contributed by atoms with Crippen molar-refractivity contribution in [2.24, 2.45) is 5.73 Å². The molecular weight excluding hydrogens is 340 g/mol. The molecule has 3 aromatic heterocycles. The highest BCUT2D eigenvalue weighted by molar-refractivity contribution is 6.38. The maximum absolute atomic E-state index is 12.6. The van der Waals surface area contributed by atoms with Gasteiger partial charge in [0.1, 0.15) is 11.8 Å². The van der Waals surface area contributed by atoms with E-state index in [2.05, 4.69) is 15.5 Å². The maximum atomic E-state index is 12.6. The molecule has 1 atom stereocenters. The second kappa shape index (κ2) is 7.43. The van der Waals surface area contributed by atoms with Crippen molar-refractivity contribution >= 4 is 17.6 Å². The normalized spacial score (nSPS) is 11.7. The zero-order valence-corrected chi connectivity index (χ0v) is 13.4. The van der Waals surface area contributed by atoms with Gasteiger partial charge < -0.3 is 20.0 Å². The number of nitrogens with one attached hydrogen (secondary N) is 1. The summed E-state index contributed by atoms with van der Waals surface area (Å²) in [6.45, 7) is 0. The Balaban J connectivity index is 1.83. The summed E-state index contributed by atoms with van der Waals surface area (Å²) in [5.41, 5.74) is 5.89. The maximum Gasteiger partial charge on any atom is 0.291 e. The van der Waals surface area contributed by atoms with Crippen molar-refractivity contribution in [1.82, 2.24) is 15.5 Å². The minimum absolute atomic E-state index is 0.0342. The van der Waals surface area contributed by atoms with Crippen LogP contribution in [-0.2, 0) is 16.0 Å². The lowest BCUT2D eigenvalue weighted by Crippen LogP contribution is -2.47. The van der Waals surface area contributed by atoms with Gasteiger partial charge in [-0.1, -0.05) is 11.2 Å². The number of ketones is 1. The Morgan fingerprint density at radius 3 is 2.69 bits per heavy atom. The van der Waals surface area contributed by atoms with E-state index in [1.54, 1.807) is 36.5 Å². The summed E-state index contributed by atoms with van der Waals surface area (Å²) >= 11 is 0. The van der Waals surface area contributed by atoms with E-state index in [4.69, 9.17) is 14.7 Å². The molecule has 0 aliphatic rings. The lowest BCUT2D eigenvalue weighted by Gasteiger charge is -2.14. The molecule has 3 N–H and O–H groups in total. The highest BCUT2D eigenvalue weighted by atomic mass is 16.5. The van der Waals surface area contributed by atoms with Gasteiger partial charge in [-0.2, -0.15) is 0 Å². The molecule has 3 heterocycles. The monoisotopic (exact) mass is 354 g/mol. The number of rotatable bonds is 7. The molecule has 0 aliphatic carbocycles. The minimum atomic E-state index is -1.20. The van der Waals surface area contributed by atoms with Gasteiger partial charge in [-0.25, -0.2) is 0 Å². The summed E-state index contributed by atoms with van der Waals surface area (Å²) < 4.78 is 10.2. The highest BCUT2D eigenvalue weighted by Gasteiger charge is 2.29. The second-order valence-corrected chi connectivity index (χ2v) is 5.32. The SMILES string of the molecule is NC(=O)C(=O)C(Cc1ccco1)NC(=O)c1oncc1-c1ccccn1. The van der Waals surface area contributed by atoms with Gasteiger partial charge in [0.15, 0.2) is 0 Å². The third kappa shape index (κ3) is 3.66. The number of aromatic nitrogens is 2. The van der Waals surface area contributed by atoms with Gasteiger partial charge in [-0.15, -0.1) is 0 Å². The number of hydrogen-bond donors (Lipinski definition) is 2. The van der Waals surface area contributed by atoms with E-state index in [-0.39, 0.29) is 12.2 Å². The quantitative estimate of drug-likeness (QED) is 0.595. The van der Waals surface area contributed by atoms with Gasteiger partial charge in [-0.3, -0.25) is 19.4 Å². The van der Waals surface area contributed by atoms with E-state index in [1.807, 2.05) is 0 Å². The molecule has 2 amide bonds. The number of hydrogen-bond acceptors (Lipinski definition) is 7. The molecule has 0 aromatic carbocycles. The lowest BCUT2D eigenvalue weighted by molar-refractivity contribution is -0.137. The fraction of sp³-hybridized carbons (Fsp3) is 0.118. The molecule has 0 bridgehead atoms. The van der Waals surface area contributed by atoms with Crippen LogP contribution < -0.4 is 11.1 Å². The summed E-state index contributed by atoms with van der Waals surface area (Å²) in [7, 11) is 0. The van der Waals surface area contributed by atoms with E-state index in [0.717, 1.165) is 0 Å². The van der Waals surface area contributed by atoms with Crippen molar-refractivity contribution in [2.75, 3.05) is 0 Å². The fourth-order valence-electron chi connectivity index (χ4n) is 2.34. The first kappa shape index (κ1) is 17.1. The van der Waals surface area contributed by atoms with Crippen molar-refractivity contribution in [3.8, 4) is 11.3 Å². The first-order valence-electron chi connectivity index (χ1n) is 7.59. The Labute approximate surface area is 147 Å². The fourth-order valence-corrected chi connectivity index (χ4v) is 2.34. The molecular formula is C17H14N4O5. The van der Waals surface area contributed by atoms with Gasteiger partial charge in [0.2, 0.25) is 11.5 Å². The molecule has 1 unspecified atom stereocenters. The number of pyridine rings is 1. The summed E-state index contributed by atoms with van der Waals surface area (Å²) in [5.74, 6) is -2.56. The van der Waals surface area contributed by atoms with Crippen molar-refractivity contribution < 1.29 is 23.3 Å². The summed E-state index contributed by atoms with van der Waals surface area (Å²) in [4.78, 5) is 40.0. The molecule has 26 heavy (non-hydrogen) atoms. The van der Waals surface area contributed by atoms with Gasteiger partial charge in [0.25, 0.3) is 11.8 Å². The van der Waals surface area contributed by atoms with Gasteiger partial charge >= 0.3 is 0 Å². The number of furan rings is 1. The van der Waals surface area contributed by atoms with Gasteiger partial charge in [0, 0.05) is 12.6 Å². The molecule has 0 fully saturated rings. The third-order valence-corrected chi connectivity index (χ3v) is 3.57. The predicted molar refractivity (Wildman–Crippen MR) is 87.6 cm³/mol. The third-order valence-electron chi connectivity index (χ3n) is 3.57. The van der Waals surface area contributed by atoms with E-state index >= 15 is 0 Å². The van der Waals surface area contributed by atoms with Crippen molar-refractivity contribution in [3.05, 3.63) is 60.5 Å². The van der Waals surface area contributed by atoms with E-state index in [0.29, 0.717) is 17.0 Å². The lowest BCUT2D eigenvalue weighted by atomic mass is 10.1. The van der Waals surface area contributed by atoms with Gasteiger partial charge in [-0.05, 0) is 24.3 Å². The first-order chi connectivity index (χ1) is 12.6. The molecule has 0 saturated carbocycles. The molecule has 9 nitrogen and oxygen atoms in total. The zero-order valence-electron chi connectivity index (χ0n) is 13.4. The number of nitrogens with zero attached hydrogens (tertiary/aromatic N) is 2. The topological polar surface area (TPSA) is 141 Å². The van der Waals surface area contributed by atoms with Crippen LogP contribution in [0.15, 0.2) is 57.9 Å². The Bertz CT molecular complexity index is 918. The van der Waals surface area contributed by atoms with Crippen LogP contribution in [0.1, 0.15) is 16.3 Å². The molecule has 3 rings (SSSR count). The molecule has 132 valence electrons. The van der Waals surface area contributed by atoms with Crippen LogP contribution in [0.25, 0.3) is 11.3 Å². The van der Waals surface area contributed by atoms with Crippen molar-refractivity contribution in [3.63, 3.8) is 0 Å². The number of nitrogens with two attached hydrogens (primary N) is 1. The van der Waals surface area contributed by atoms with Crippen LogP contribution in [0.5, 0.6) is 0 Å². The Morgan fingerprint density at radius 1 is 1.19 bits per heavy atom. The summed E-state index contributed by atoms with van der Waals surface area (Å²) in [6, 6.07) is 7.18. The largest absolute Gasteiger partial charge is 0.469 e. The Morgan fingerprint density at radius 2 is 2.04 bits per heavy atom. The second-order valence-electron chi connectivity index (χ2n) is 5.32. The minimum Gasteiger partial charge on any atom is -0.469 e. The standard InChI is InChI=1S/C17H14N4O5/c18-16(23)14(22)13(8-10-4-3-7-25-10)21-17(24)15-11(9-20-26-15)12-5-1-2-6-19-12/h1-7,9,13H,8H2,(H2,18,23)(H,21,24). The van der Waals surface area contributed by atoms with Crippen LogP contribution in [0.3, 0.4) is 0 Å². The average molecular weight is 354 g/mol. The first-order valence-corrected chi connectivity index (χ1v) is 7.59. The van der Waals surface area contributed by atoms with Crippen molar-refractivity contribution in [2.45, 2.75) is 12.5 Å². The molecule has 0 saturated heterocycles. The number of carbonyl (C=O) groups excluding carboxylic acids is 3. The van der Waals surface area contributed by atoms with E-state index in [1.165, 1.54) is 12.5 Å². The Kier molecular flexibility index (Phi) is 4.88. The van der Waals surface area contributed by atoms with Crippen molar-refractivity contribution in [1.29, 1.82) is 0 Å². The molecule has 0 radical (unpaired) electrons. The molecule has 9 heteroatoms. The van der Waals surface area contributed by atoms with Crippen LogP contribution in [0.2, 0.25) is 0 Å². The number of Topliss-reactive ketones (excluding diaryl/α,β-unsaturated/α-hetero) is 1. The van der Waals surface area contributed by atoms with Crippen LogP contribution >= 0.6 is 0 Å². The van der Waals surface area contributed by atoms with Gasteiger partial charge in [0.05, 0.1) is 23.7 Å². The summed E-state index contributed by atoms with van der Waals surface area (Å²) in [6.07, 6.45) is 4.28. The smallest absolute Gasteiger partial charge is 0.291 e. The zero-order chi connectivity index (χ0) is 18.5. The van der Waals surface area contributed by atoms with E-state index in [9.17, 15) is 14.4 Å². The molecule has 0 aliphatic heterocycles. The average Bonchev–Trinajstić information content (AvgIpc) is 3.32. The number of carbonyl (C=O) groups is 3. The number of primary amides is 1. The number of amides is 2. The van der Waals surface area contributed by atoms with Crippen LogP contribution in [0, 0.1) is 0 Å². The molecule has 3 aromatic rings. The highest BCUT2D eigenvalue weighted by Crippen LogP contribution is 2.21. The predicted octanol–water partition coefficient (Wildman–Crippen LogP) is 0.725. The summed E-state index contributed by atoms with van der Waals surface area (Å²) in [5, 5.41) is 6.05. The van der Waals surface area contributed by atoms with E-state index < -0.39 is 23.6 Å². The van der Waals surface area contributed by atoms with Crippen LogP contribution in [-0.4, -0.2) is 33.8 Å². The van der Waals surface area contributed by atoms with Crippen LogP contribution in [0.4, 0.5) is 0 Å². The Hall–Kier alpha value is -3.75. The molecule has 0 spiro atoms.